The van der Waals surface area contributed by atoms with E-state index in [0.29, 0.717) is 12.8 Å². The third-order valence-electron chi connectivity index (χ3n) is 21.2. The second kappa shape index (κ2) is 20.7. The van der Waals surface area contributed by atoms with Crippen LogP contribution in [0.25, 0.3) is 0 Å². The molecule has 4 aliphatic heterocycles. The molecule has 8 fully saturated rings. The number of ether oxygens (including phenoxy) is 8. The molecule has 0 aromatic heterocycles. The summed E-state index contributed by atoms with van der Waals surface area (Å²) >= 11 is 0. The highest BCUT2D eigenvalue weighted by Gasteiger charge is 2.70. The summed E-state index contributed by atoms with van der Waals surface area (Å²) in [6, 6.07) is 0. The quantitative estimate of drug-likeness (QED) is 0.0887. The van der Waals surface area contributed by atoms with Crippen molar-refractivity contribution in [1.82, 2.24) is 0 Å². The van der Waals surface area contributed by atoms with Crippen molar-refractivity contribution in [2.45, 2.75) is 242 Å². The molecule has 22 heteroatoms. The molecule has 5 aliphatic carbocycles. The zero-order valence-corrected chi connectivity index (χ0v) is 44.4. The lowest BCUT2D eigenvalue weighted by Gasteiger charge is -2.72. The summed E-state index contributed by atoms with van der Waals surface area (Å²) in [4.78, 5) is 12.7. The number of fused-ring (bicyclic) bond motifs is 7. The molecule has 22 nitrogen and oxygen atoms in total. The zero-order chi connectivity index (χ0) is 54.9. The molecular formula is C53H86O22. The van der Waals surface area contributed by atoms with E-state index < -0.39 is 154 Å². The van der Waals surface area contributed by atoms with Crippen molar-refractivity contribution in [2.24, 2.45) is 50.2 Å². The second-order valence-corrected chi connectivity index (χ2v) is 26.0. The Bertz CT molecular complexity index is 2080. The first-order chi connectivity index (χ1) is 35.0. The third-order valence-corrected chi connectivity index (χ3v) is 21.2. The Morgan fingerprint density at radius 3 is 1.95 bits per heavy atom. The van der Waals surface area contributed by atoms with Crippen LogP contribution >= 0.6 is 0 Å². The Hall–Kier alpha value is -1.59. The van der Waals surface area contributed by atoms with Gasteiger partial charge in [0, 0.05) is 10.8 Å². The van der Waals surface area contributed by atoms with Crippen LogP contribution in [0.2, 0.25) is 0 Å². The second-order valence-electron chi connectivity index (χ2n) is 26.0. The molecule has 4 saturated carbocycles. The largest absolute Gasteiger partial charge is 0.479 e. The number of hydrogen-bond donors (Lipinski definition) is 13. The molecule has 9 rings (SSSR count). The van der Waals surface area contributed by atoms with E-state index in [4.69, 9.17) is 37.9 Å². The normalized spacial score (nSPS) is 55.9. The van der Waals surface area contributed by atoms with Gasteiger partial charge in [-0.25, -0.2) is 4.79 Å². The monoisotopic (exact) mass is 1070 g/mol. The minimum Gasteiger partial charge on any atom is -0.479 e. The first kappa shape index (κ1) is 58.1. The highest BCUT2D eigenvalue weighted by atomic mass is 16.8. The van der Waals surface area contributed by atoms with Gasteiger partial charge in [-0.2, -0.15) is 0 Å². The number of aliphatic hydroxyl groups is 12. The van der Waals surface area contributed by atoms with Gasteiger partial charge in [0.1, 0.15) is 79.4 Å². The van der Waals surface area contributed by atoms with E-state index >= 15 is 0 Å². The fraction of sp³-hybridized carbons (Fsp3) is 0.943. The van der Waals surface area contributed by atoms with Gasteiger partial charge in [-0.1, -0.05) is 60.1 Å². The molecule has 430 valence electrons. The Balaban J connectivity index is 1.02. The standard InChI is InChI=1S/C53H86O22/c1-22-31(58)34(61)38(65)45(69-22)75-42-39(72-44-37(64)32(59)25(56)20-68-44)33(60)26(19-54)70-47(42)74-41-36(63)35(62)40(43(66)67)73-46(41)71-30-12-13-50(5)27(51(30,6)21-55)11-14-53(8)28(50)10-9-23-24-17-48(2,3)18-29(57)49(24,4)15-16-52(23,53)7/h9,22,24-42,44-47,54-65H,10-21H2,1-8H3,(H,66,67). The summed E-state index contributed by atoms with van der Waals surface area (Å²) in [5.74, 6) is -1.33. The summed E-state index contributed by atoms with van der Waals surface area (Å²) in [6.45, 7) is 15.5. The maximum absolute atomic E-state index is 12.7. The highest BCUT2D eigenvalue weighted by molar-refractivity contribution is 5.73. The van der Waals surface area contributed by atoms with Crippen molar-refractivity contribution in [2.75, 3.05) is 19.8 Å². The molecule has 29 unspecified atom stereocenters. The Kier molecular flexibility index (Phi) is 16.1. The van der Waals surface area contributed by atoms with Crippen LogP contribution in [0.15, 0.2) is 11.6 Å². The van der Waals surface area contributed by atoms with Gasteiger partial charge in [0.25, 0.3) is 0 Å². The van der Waals surface area contributed by atoms with Gasteiger partial charge in [-0.15, -0.1) is 0 Å². The van der Waals surface area contributed by atoms with Crippen LogP contribution in [-0.4, -0.2) is 221 Å². The van der Waals surface area contributed by atoms with Crippen molar-refractivity contribution >= 4 is 5.97 Å². The lowest BCUT2D eigenvalue weighted by atomic mass is 9.33. The predicted molar refractivity (Wildman–Crippen MR) is 257 cm³/mol. The minimum absolute atomic E-state index is 0.00990. The van der Waals surface area contributed by atoms with Crippen molar-refractivity contribution in [3.63, 3.8) is 0 Å². The van der Waals surface area contributed by atoms with Gasteiger partial charge >= 0.3 is 5.97 Å². The molecule has 4 saturated heterocycles. The summed E-state index contributed by atoms with van der Waals surface area (Å²) < 4.78 is 48.7. The van der Waals surface area contributed by atoms with Crippen molar-refractivity contribution in [3.8, 4) is 0 Å². The Labute approximate surface area is 437 Å². The fourth-order valence-electron chi connectivity index (χ4n) is 16.3. The number of hydrogen-bond acceptors (Lipinski definition) is 21. The summed E-state index contributed by atoms with van der Waals surface area (Å²) in [5, 5.41) is 143. The molecule has 0 bridgehead atoms. The predicted octanol–water partition coefficient (Wildman–Crippen LogP) is -0.832. The number of carboxylic acid groups (broad SMARTS) is 1. The van der Waals surface area contributed by atoms with Gasteiger partial charge in [-0.05, 0) is 104 Å². The number of allylic oxidation sites excluding steroid dienone is 2. The molecule has 0 aromatic carbocycles. The summed E-state index contributed by atoms with van der Waals surface area (Å²) in [5.41, 5.74) is -0.335. The fourth-order valence-corrected chi connectivity index (χ4v) is 16.3. The lowest BCUT2D eigenvalue weighted by molar-refractivity contribution is -0.408. The molecule has 4 heterocycles. The van der Waals surface area contributed by atoms with E-state index in [9.17, 15) is 71.2 Å². The highest BCUT2D eigenvalue weighted by Crippen LogP contribution is 2.76. The van der Waals surface area contributed by atoms with Crippen molar-refractivity contribution in [1.29, 1.82) is 0 Å². The van der Waals surface area contributed by atoms with Gasteiger partial charge in [0.15, 0.2) is 31.3 Å². The number of rotatable bonds is 11. The van der Waals surface area contributed by atoms with Crippen molar-refractivity contribution < 1.29 is 109 Å². The van der Waals surface area contributed by atoms with Crippen molar-refractivity contribution in [3.05, 3.63) is 11.6 Å². The smallest absolute Gasteiger partial charge is 0.335 e. The van der Waals surface area contributed by atoms with Gasteiger partial charge < -0.3 is 104 Å². The number of aliphatic carboxylic acids is 1. The summed E-state index contributed by atoms with van der Waals surface area (Å²) in [6.07, 6.45) is -26.4. The minimum atomic E-state index is -2.15. The topological polar surface area (TPSA) is 354 Å². The number of carbonyl (C=O) groups is 1. The first-order valence-corrected chi connectivity index (χ1v) is 27.2. The van der Waals surface area contributed by atoms with E-state index in [0.717, 1.165) is 44.9 Å². The van der Waals surface area contributed by atoms with Gasteiger partial charge in [0.05, 0.1) is 38.1 Å². The molecular weight excluding hydrogens is 989 g/mol. The Morgan fingerprint density at radius 2 is 1.28 bits per heavy atom. The molecule has 0 aromatic rings. The molecule has 75 heavy (non-hydrogen) atoms. The molecule has 0 amide bonds. The van der Waals surface area contributed by atoms with E-state index in [2.05, 4.69) is 47.6 Å². The average Bonchev–Trinajstić information content (AvgIpc) is 3.37. The maximum atomic E-state index is 12.7. The van der Waals surface area contributed by atoms with Crippen LogP contribution in [0.4, 0.5) is 0 Å². The van der Waals surface area contributed by atoms with Crippen LogP contribution < -0.4 is 0 Å². The molecule has 13 N–H and O–H groups in total. The van der Waals surface area contributed by atoms with Crippen LogP contribution in [0.1, 0.15) is 113 Å². The van der Waals surface area contributed by atoms with E-state index in [1.54, 1.807) is 0 Å². The summed E-state index contributed by atoms with van der Waals surface area (Å²) in [7, 11) is 0. The number of carboxylic acids is 1. The van der Waals surface area contributed by atoms with E-state index in [1.807, 2.05) is 6.92 Å². The first-order valence-electron chi connectivity index (χ1n) is 27.2. The van der Waals surface area contributed by atoms with E-state index in [1.165, 1.54) is 12.5 Å². The van der Waals surface area contributed by atoms with Crippen LogP contribution in [0, 0.1) is 50.2 Å². The molecule has 29 atom stereocenters. The molecule has 9 aliphatic rings. The maximum Gasteiger partial charge on any atom is 0.335 e. The van der Waals surface area contributed by atoms with Crippen LogP contribution in [0.3, 0.4) is 0 Å². The van der Waals surface area contributed by atoms with Crippen LogP contribution in [-0.2, 0) is 42.7 Å². The third kappa shape index (κ3) is 9.40. The molecule has 0 spiro atoms. The Morgan fingerprint density at radius 1 is 0.627 bits per heavy atom. The lowest BCUT2D eigenvalue weighted by Crippen LogP contribution is -2.69. The van der Waals surface area contributed by atoms with Crippen LogP contribution in [0.5, 0.6) is 0 Å². The molecule has 0 radical (unpaired) electrons. The number of aliphatic hydroxyl groups excluding tert-OH is 12. The van der Waals surface area contributed by atoms with E-state index in [-0.39, 0.29) is 51.4 Å². The van der Waals surface area contributed by atoms with Gasteiger partial charge in [0.2, 0.25) is 0 Å². The SMILES string of the molecule is CC1OC(OC2C(OC3C(OC4CCC5(C)C(CCC6(C)C5CC=C5C7CC(C)(C)CC(O)C7(C)CCC56C)C4(C)CO)OC(C(=O)O)C(O)C3O)OC(CO)C(O)C2OC2OCC(O)C(O)C2O)C(O)C(O)C1O. The van der Waals surface area contributed by atoms with Gasteiger partial charge in [-0.3, -0.25) is 0 Å². The average molecular weight is 1080 g/mol. The zero-order valence-electron chi connectivity index (χ0n) is 44.4.